The minimum absolute atomic E-state index is 0.00111. The number of rotatable bonds is 4. The van der Waals surface area contributed by atoms with Crippen LogP contribution in [0.2, 0.25) is 5.02 Å². The lowest BCUT2D eigenvalue weighted by molar-refractivity contribution is -0.384. The van der Waals surface area contributed by atoms with Gasteiger partial charge in [0.1, 0.15) is 0 Å². The van der Waals surface area contributed by atoms with Crippen molar-refractivity contribution >= 4 is 28.9 Å². The number of anilines is 1. The van der Waals surface area contributed by atoms with Crippen molar-refractivity contribution < 1.29 is 9.72 Å². The van der Waals surface area contributed by atoms with Crippen molar-refractivity contribution in [2.75, 3.05) is 5.32 Å². The summed E-state index contributed by atoms with van der Waals surface area (Å²) in [5.41, 5.74) is 1.32. The predicted octanol–water partition coefficient (Wildman–Crippen LogP) is 3.99. The number of nitro benzene ring substituents is 1. The number of non-ortho nitro benzene ring substituents is 1. The molecule has 0 aliphatic rings. The van der Waals surface area contributed by atoms with Gasteiger partial charge < -0.3 is 5.32 Å². The van der Waals surface area contributed by atoms with Crippen LogP contribution in [0.25, 0.3) is 0 Å². The highest BCUT2D eigenvalue weighted by molar-refractivity contribution is 6.30. The van der Waals surface area contributed by atoms with Crippen molar-refractivity contribution in [1.29, 1.82) is 0 Å². The molecule has 0 bridgehead atoms. The summed E-state index contributed by atoms with van der Waals surface area (Å²) in [6, 6.07) is 12.8. The fraction of sp³-hybridized carbons (Fsp3) is 0.133. The smallest absolute Gasteiger partial charge is 0.269 e. The van der Waals surface area contributed by atoms with E-state index < -0.39 is 10.8 Å². The molecule has 0 spiro atoms. The van der Waals surface area contributed by atoms with Gasteiger partial charge in [0.25, 0.3) is 5.69 Å². The van der Waals surface area contributed by atoms with Crippen LogP contribution in [-0.4, -0.2) is 10.8 Å². The number of benzene rings is 2. The van der Waals surface area contributed by atoms with Crippen LogP contribution in [-0.2, 0) is 4.79 Å². The number of halogens is 1. The highest BCUT2D eigenvalue weighted by Gasteiger charge is 2.16. The molecule has 1 atom stereocenters. The van der Waals surface area contributed by atoms with E-state index in [0.717, 1.165) is 0 Å². The van der Waals surface area contributed by atoms with E-state index in [-0.39, 0.29) is 11.6 Å². The molecule has 0 aliphatic carbocycles. The molecule has 0 fully saturated rings. The first-order chi connectivity index (χ1) is 9.97. The van der Waals surface area contributed by atoms with Crippen molar-refractivity contribution in [3.63, 3.8) is 0 Å². The van der Waals surface area contributed by atoms with Crippen LogP contribution in [0.5, 0.6) is 0 Å². The lowest BCUT2D eigenvalue weighted by Gasteiger charge is -2.12. The third kappa shape index (κ3) is 3.79. The quantitative estimate of drug-likeness (QED) is 0.685. The first-order valence-electron chi connectivity index (χ1n) is 6.28. The Kier molecular flexibility index (Phi) is 4.55. The van der Waals surface area contributed by atoms with E-state index in [2.05, 4.69) is 5.32 Å². The van der Waals surface area contributed by atoms with E-state index >= 15 is 0 Å². The molecule has 0 aliphatic heterocycles. The number of nitrogens with zero attached hydrogens (tertiary/aromatic N) is 1. The lowest BCUT2D eigenvalue weighted by atomic mass is 10.00. The SMILES string of the molecule is C[C@H](C(=O)Nc1cccc(Cl)c1)c1ccc([N+](=O)[O-])cc1. The number of amides is 1. The second kappa shape index (κ2) is 6.37. The fourth-order valence-corrected chi connectivity index (χ4v) is 2.04. The van der Waals surface area contributed by atoms with E-state index in [1.165, 1.54) is 12.1 Å². The second-order valence-electron chi connectivity index (χ2n) is 4.57. The van der Waals surface area contributed by atoms with Gasteiger partial charge in [0.15, 0.2) is 0 Å². The molecule has 21 heavy (non-hydrogen) atoms. The van der Waals surface area contributed by atoms with Gasteiger partial charge in [-0.05, 0) is 30.7 Å². The zero-order chi connectivity index (χ0) is 15.4. The number of hydrogen-bond donors (Lipinski definition) is 1. The minimum Gasteiger partial charge on any atom is -0.326 e. The molecule has 1 amide bonds. The first kappa shape index (κ1) is 15.0. The third-order valence-electron chi connectivity index (χ3n) is 3.09. The van der Waals surface area contributed by atoms with Crippen LogP contribution in [0.1, 0.15) is 18.4 Å². The van der Waals surface area contributed by atoms with Crippen molar-refractivity contribution in [1.82, 2.24) is 0 Å². The Morgan fingerprint density at radius 1 is 1.24 bits per heavy atom. The first-order valence-corrected chi connectivity index (χ1v) is 6.66. The molecule has 108 valence electrons. The van der Waals surface area contributed by atoms with Crippen molar-refractivity contribution in [3.8, 4) is 0 Å². The Morgan fingerprint density at radius 3 is 2.48 bits per heavy atom. The summed E-state index contributed by atoms with van der Waals surface area (Å²) in [4.78, 5) is 22.3. The maximum atomic E-state index is 12.2. The molecule has 2 aromatic carbocycles. The van der Waals surface area contributed by atoms with E-state index in [1.54, 1.807) is 43.3 Å². The van der Waals surface area contributed by atoms with E-state index in [1.807, 2.05) is 0 Å². The topological polar surface area (TPSA) is 72.2 Å². The molecule has 0 aromatic heterocycles. The Hall–Kier alpha value is -2.40. The van der Waals surface area contributed by atoms with E-state index in [0.29, 0.717) is 16.3 Å². The average Bonchev–Trinajstić information content (AvgIpc) is 2.46. The van der Waals surface area contributed by atoms with Crippen LogP contribution in [0, 0.1) is 10.1 Å². The molecule has 2 rings (SSSR count). The summed E-state index contributed by atoms with van der Waals surface area (Å²) in [7, 11) is 0. The average molecular weight is 305 g/mol. The summed E-state index contributed by atoms with van der Waals surface area (Å²) in [6.07, 6.45) is 0. The highest BCUT2D eigenvalue weighted by Crippen LogP contribution is 2.22. The summed E-state index contributed by atoms with van der Waals surface area (Å²) >= 11 is 5.86. The van der Waals surface area contributed by atoms with Gasteiger partial charge in [-0.25, -0.2) is 0 Å². The predicted molar refractivity (Wildman–Crippen MR) is 81.6 cm³/mol. The fourth-order valence-electron chi connectivity index (χ4n) is 1.85. The summed E-state index contributed by atoms with van der Waals surface area (Å²) in [6.45, 7) is 1.74. The number of nitrogens with one attached hydrogen (secondary N) is 1. The molecule has 0 heterocycles. The van der Waals surface area contributed by atoms with E-state index in [4.69, 9.17) is 11.6 Å². The zero-order valence-corrected chi connectivity index (χ0v) is 12.0. The number of hydrogen-bond acceptors (Lipinski definition) is 3. The molecule has 2 aromatic rings. The second-order valence-corrected chi connectivity index (χ2v) is 5.01. The van der Waals surface area contributed by atoms with Gasteiger partial charge in [0, 0.05) is 22.8 Å². The Balaban J connectivity index is 2.10. The van der Waals surface area contributed by atoms with Gasteiger partial charge in [0.05, 0.1) is 10.8 Å². The standard InChI is InChI=1S/C15H13ClN2O3/c1-10(11-5-7-14(8-6-11)18(20)21)15(19)17-13-4-2-3-12(16)9-13/h2-10H,1H3,(H,17,19)/t10-/m0/s1. The van der Waals surface area contributed by atoms with Crippen molar-refractivity contribution in [3.05, 3.63) is 69.2 Å². The normalized spacial score (nSPS) is 11.7. The van der Waals surface area contributed by atoms with Gasteiger partial charge in [-0.1, -0.05) is 29.8 Å². The highest BCUT2D eigenvalue weighted by atomic mass is 35.5. The van der Waals surface area contributed by atoms with Gasteiger partial charge in [0.2, 0.25) is 5.91 Å². The molecular formula is C15H13ClN2O3. The number of carbonyl (C=O) groups excluding carboxylic acids is 1. The molecule has 0 saturated heterocycles. The van der Waals surface area contributed by atoms with Crippen LogP contribution >= 0.6 is 11.6 Å². The number of carbonyl (C=O) groups is 1. The molecule has 1 N–H and O–H groups in total. The van der Waals surface area contributed by atoms with Crippen LogP contribution in [0.15, 0.2) is 48.5 Å². The molecule has 5 nitrogen and oxygen atoms in total. The molecule has 0 saturated carbocycles. The summed E-state index contributed by atoms with van der Waals surface area (Å²) in [5, 5.41) is 13.9. The molecule has 6 heteroatoms. The molecular weight excluding hydrogens is 292 g/mol. The van der Waals surface area contributed by atoms with E-state index in [9.17, 15) is 14.9 Å². The van der Waals surface area contributed by atoms with Crippen LogP contribution < -0.4 is 5.32 Å². The summed E-state index contributed by atoms with van der Waals surface area (Å²) < 4.78 is 0. The molecule has 0 radical (unpaired) electrons. The van der Waals surface area contributed by atoms with Crippen molar-refractivity contribution in [2.45, 2.75) is 12.8 Å². The van der Waals surface area contributed by atoms with Gasteiger partial charge in [-0.3, -0.25) is 14.9 Å². The Morgan fingerprint density at radius 2 is 1.90 bits per heavy atom. The largest absolute Gasteiger partial charge is 0.326 e. The van der Waals surface area contributed by atoms with Crippen LogP contribution in [0.3, 0.4) is 0 Å². The maximum absolute atomic E-state index is 12.2. The Bertz CT molecular complexity index is 671. The van der Waals surface area contributed by atoms with Gasteiger partial charge in [-0.15, -0.1) is 0 Å². The minimum atomic E-state index is -0.472. The third-order valence-corrected chi connectivity index (χ3v) is 3.32. The number of nitro groups is 1. The monoisotopic (exact) mass is 304 g/mol. The zero-order valence-electron chi connectivity index (χ0n) is 11.2. The van der Waals surface area contributed by atoms with Crippen LogP contribution in [0.4, 0.5) is 11.4 Å². The summed E-state index contributed by atoms with van der Waals surface area (Å²) in [5.74, 6) is -0.629. The molecule has 0 unspecified atom stereocenters. The van der Waals surface area contributed by atoms with Crippen molar-refractivity contribution in [2.24, 2.45) is 0 Å². The van der Waals surface area contributed by atoms with Gasteiger partial charge in [-0.2, -0.15) is 0 Å². The lowest BCUT2D eigenvalue weighted by Crippen LogP contribution is -2.18. The maximum Gasteiger partial charge on any atom is 0.269 e. The Labute approximate surface area is 126 Å². The van der Waals surface area contributed by atoms with Gasteiger partial charge >= 0.3 is 0 Å².